The Bertz CT molecular complexity index is 912. The summed E-state index contributed by atoms with van der Waals surface area (Å²) in [7, 11) is 0. The van der Waals surface area contributed by atoms with Gasteiger partial charge in [0.1, 0.15) is 5.69 Å². The summed E-state index contributed by atoms with van der Waals surface area (Å²) in [5.74, 6) is 0.0668. The van der Waals surface area contributed by atoms with Crippen molar-refractivity contribution in [2.45, 2.75) is 65.0 Å². The third-order valence-electron chi connectivity index (χ3n) is 6.54. The number of fused-ring (bicyclic) bond motifs is 1. The zero-order valence-electron chi connectivity index (χ0n) is 19.0. The quantitative estimate of drug-likeness (QED) is 0.652. The van der Waals surface area contributed by atoms with Gasteiger partial charge >= 0.3 is 6.18 Å². The monoisotopic (exact) mass is 437 g/mol. The van der Waals surface area contributed by atoms with Crippen molar-refractivity contribution in [2.24, 2.45) is 5.41 Å². The van der Waals surface area contributed by atoms with Gasteiger partial charge in [-0.15, -0.1) is 0 Å². The molecule has 0 bridgehead atoms. The molecule has 5 nitrogen and oxygen atoms in total. The molecule has 172 valence electrons. The van der Waals surface area contributed by atoms with Gasteiger partial charge < -0.3 is 9.80 Å². The molecule has 2 aliphatic rings. The second-order valence-electron chi connectivity index (χ2n) is 10.4. The first kappa shape index (κ1) is 22.5. The Labute approximate surface area is 182 Å². The Kier molecular flexibility index (Phi) is 6.07. The van der Waals surface area contributed by atoms with E-state index >= 15 is 0 Å². The lowest BCUT2D eigenvalue weighted by Gasteiger charge is -2.33. The van der Waals surface area contributed by atoms with Crippen molar-refractivity contribution in [2.75, 3.05) is 39.3 Å². The highest BCUT2D eigenvalue weighted by Crippen LogP contribution is 2.34. The molecule has 2 aromatic rings. The summed E-state index contributed by atoms with van der Waals surface area (Å²) in [6.07, 6.45) is -0.956. The Balaban J connectivity index is 1.50. The highest BCUT2D eigenvalue weighted by atomic mass is 19.4. The Hall–Kier alpha value is -1.67. The summed E-state index contributed by atoms with van der Waals surface area (Å²) in [5, 5.41) is 4.37. The predicted octanol–water partition coefficient (Wildman–Crippen LogP) is 4.78. The Morgan fingerprint density at radius 3 is 2.35 bits per heavy atom. The smallest absolute Gasteiger partial charge is 0.303 e. The van der Waals surface area contributed by atoms with Crippen LogP contribution in [-0.4, -0.2) is 63.7 Å². The van der Waals surface area contributed by atoms with E-state index in [2.05, 4.69) is 33.7 Å². The largest absolute Gasteiger partial charge is 0.433 e. The lowest BCUT2D eigenvalue weighted by molar-refractivity contribution is -0.142. The molecule has 1 atom stereocenters. The van der Waals surface area contributed by atoms with Gasteiger partial charge in [-0.1, -0.05) is 27.7 Å². The number of aromatic nitrogens is 3. The fourth-order valence-corrected chi connectivity index (χ4v) is 5.13. The van der Waals surface area contributed by atoms with Crippen LogP contribution in [0.3, 0.4) is 0 Å². The summed E-state index contributed by atoms with van der Waals surface area (Å²) < 4.78 is 42.0. The van der Waals surface area contributed by atoms with Crippen LogP contribution >= 0.6 is 0 Å². The number of rotatable bonds is 6. The van der Waals surface area contributed by atoms with E-state index in [1.807, 2.05) is 13.8 Å². The second kappa shape index (κ2) is 8.35. The lowest BCUT2D eigenvalue weighted by Crippen LogP contribution is -2.40. The van der Waals surface area contributed by atoms with Crippen LogP contribution in [0.4, 0.5) is 13.2 Å². The van der Waals surface area contributed by atoms with Crippen molar-refractivity contribution in [3.05, 3.63) is 29.2 Å². The molecule has 2 saturated heterocycles. The number of alkyl halides is 3. The normalized spacial score (nSPS) is 21.7. The van der Waals surface area contributed by atoms with E-state index in [0.717, 1.165) is 48.9 Å². The molecule has 2 aromatic heterocycles. The molecule has 31 heavy (non-hydrogen) atoms. The lowest BCUT2D eigenvalue weighted by atomic mass is 9.92. The fraction of sp³-hybridized carbons (Fsp3) is 0.739. The molecular weight excluding hydrogens is 403 g/mol. The third kappa shape index (κ3) is 5.06. The van der Waals surface area contributed by atoms with Gasteiger partial charge in [0.05, 0.1) is 5.69 Å². The zero-order chi connectivity index (χ0) is 22.4. The molecule has 0 radical (unpaired) electrons. The third-order valence-corrected chi connectivity index (χ3v) is 6.54. The van der Waals surface area contributed by atoms with E-state index in [9.17, 15) is 13.2 Å². The summed E-state index contributed by atoms with van der Waals surface area (Å²) in [6.45, 7) is 14.6. The highest BCUT2D eigenvalue weighted by Gasteiger charge is 2.37. The number of hydrogen-bond donors (Lipinski definition) is 0. The SMILES string of the molecule is CC(C)c1cc(C(F)(F)F)n2nc([C@@H]3CCN(CC(C)(C)CN4CCCC4)C3)cc2n1. The minimum Gasteiger partial charge on any atom is -0.303 e. The first-order valence-electron chi connectivity index (χ1n) is 11.4. The second-order valence-corrected chi connectivity index (χ2v) is 10.4. The van der Waals surface area contributed by atoms with Gasteiger partial charge in [-0.2, -0.15) is 18.3 Å². The standard InChI is InChI=1S/C23H34F3N5/c1-16(2)18-11-20(23(24,25)26)31-21(27-18)12-19(28-31)17-7-10-30(13-17)15-22(3,4)14-29-8-5-6-9-29/h11-12,16-17H,5-10,13-15H2,1-4H3/t17-/m1/s1. The molecule has 2 aliphatic heterocycles. The van der Waals surface area contributed by atoms with Gasteiger partial charge in [0.2, 0.25) is 0 Å². The molecule has 0 N–H and O–H groups in total. The zero-order valence-corrected chi connectivity index (χ0v) is 19.0. The van der Waals surface area contributed by atoms with E-state index in [1.165, 1.54) is 25.9 Å². The number of nitrogens with zero attached hydrogens (tertiary/aromatic N) is 5. The summed E-state index contributed by atoms with van der Waals surface area (Å²) in [6, 6.07) is 2.89. The van der Waals surface area contributed by atoms with Crippen molar-refractivity contribution in [3.63, 3.8) is 0 Å². The van der Waals surface area contributed by atoms with Crippen molar-refractivity contribution in [1.29, 1.82) is 0 Å². The van der Waals surface area contributed by atoms with Crippen LogP contribution in [0.25, 0.3) is 5.65 Å². The van der Waals surface area contributed by atoms with Gasteiger partial charge in [0, 0.05) is 37.3 Å². The van der Waals surface area contributed by atoms with Crippen LogP contribution in [-0.2, 0) is 6.18 Å². The van der Waals surface area contributed by atoms with E-state index in [-0.39, 0.29) is 17.3 Å². The van der Waals surface area contributed by atoms with Crippen LogP contribution in [0.1, 0.15) is 75.9 Å². The summed E-state index contributed by atoms with van der Waals surface area (Å²) in [5.41, 5.74) is 0.909. The van der Waals surface area contributed by atoms with Gasteiger partial charge in [-0.25, -0.2) is 9.50 Å². The van der Waals surface area contributed by atoms with Crippen molar-refractivity contribution >= 4 is 5.65 Å². The van der Waals surface area contributed by atoms with Crippen LogP contribution < -0.4 is 0 Å². The fourth-order valence-electron chi connectivity index (χ4n) is 5.13. The topological polar surface area (TPSA) is 36.7 Å². The molecule has 0 aliphatic carbocycles. The molecule has 4 heterocycles. The van der Waals surface area contributed by atoms with Crippen molar-refractivity contribution < 1.29 is 13.2 Å². The molecule has 8 heteroatoms. The van der Waals surface area contributed by atoms with Gasteiger partial charge in [-0.05, 0) is 56.3 Å². The first-order valence-corrected chi connectivity index (χ1v) is 11.4. The van der Waals surface area contributed by atoms with Crippen molar-refractivity contribution in [3.8, 4) is 0 Å². The maximum absolute atomic E-state index is 13.7. The Morgan fingerprint density at radius 2 is 1.71 bits per heavy atom. The van der Waals surface area contributed by atoms with Crippen LogP contribution in [0, 0.1) is 5.41 Å². The minimum absolute atomic E-state index is 0.0794. The molecule has 0 amide bonds. The van der Waals surface area contributed by atoms with E-state index in [0.29, 0.717) is 11.3 Å². The maximum Gasteiger partial charge on any atom is 0.433 e. The molecule has 0 aromatic carbocycles. The minimum atomic E-state index is -4.46. The van der Waals surface area contributed by atoms with E-state index < -0.39 is 11.9 Å². The first-order chi connectivity index (χ1) is 14.5. The van der Waals surface area contributed by atoms with Gasteiger partial charge in [-0.3, -0.25) is 0 Å². The van der Waals surface area contributed by atoms with Crippen molar-refractivity contribution in [1.82, 2.24) is 24.4 Å². The Morgan fingerprint density at radius 1 is 1.03 bits per heavy atom. The summed E-state index contributed by atoms with van der Waals surface area (Å²) in [4.78, 5) is 9.45. The molecule has 4 rings (SSSR count). The van der Waals surface area contributed by atoms with Gasteiger partial charge in [0.25, 0.3) is 0 Å². The molecule has 2 fully saturated rings. The van der Waals surface area contributed by atoms with Crippen LogP contribution in [0.2, 0.25) is 0 Å². The average molecular weight is 438 g/mol. The summed E-state index contributed by atoms with van der Waals surface area (Å²) >= 11 is 0. The highest BCUT2D eigenvalue weighted by molar-refractivity contribution is 5.44. The van der Waals surface area contributed by atoms with E-state index in [1.54, 1.807) is 6.07 Å². The molecule has 0 spiro atoms. The molecular formula is C23H34F3N5. The number of likely N-dealkylation sites (tertiary alicyclic amines) is 2. The molecule has 0 unspecified atom stereocenters. The average Bonchev–Trinajstić information content (AvgIpc) is 3.39. The number of halogens is 3. The molecule has 0 saturated carbocycles. The van der Waals surface area contributed by atoms with E-state index in [4.69, 9.17) is 0 Å². The van der Waals surface area contributed by atoms with Crippen LogP contribution in [0.15, 0.2) is 12.1 Å². The predicted molar refractivity (Wildman–Crippen MR) is 115 cm³/mol. The maximum atomic E-state index is 13.7. The van der Waals surface area contributed by atoms with Crippen LogP contribution in [0.5, 0.6) is 0 Å². The number of hydrogen-bond acceptors (Lipinski definition) is 4. The van der Waals surface area contributed by atoms with Gasteiger partial charge in [0.15, 0.2) is 5.65 Å².